The molecule has 6 N–H and O–H groups in total. The Hall–Kier alpha value is -1.50. The lowest BCUT2D eigenvalue weighted by molar-refractivity contribution is -0.143. The first-order valence-corrected chi connectivity index (χ1v) is 12.6. The summed E-state index contributed by atoms with van der Waals surface area (Å²) in [6.07, 6.45) is 6.03. The van der Waals surface area contributed by atoms with E-state index in [1.807, 2.05) is 12.5 Å². The molecule has 12 heteroatoms. The van der Waals surface area contributed by atoms with E-state index in [4.69, 9.17) is 10.2 Å². The Balaban J connectivity index is 2.82. The van der Waals surface area contributed by atoms with Crippen LogP contribution in [0.5, 0.6) is 0 Å². The van der Waals surface area contributed by atoms with Gasteiger partial charge in [-0.15, -0.1) is 0 Å². The molecule has 1 rings (SSSR count). The van der Waals surface area contributed by atoms with Gasteiger partial charge < -0.3 is 31.5 Å². The molecule has 3 amide bonds. The van der Waals surface area contributed by atoms with E-state index in [9.17, 15) is 19.2 Å². The molecule has 0 spiro atoms. The summed E-state index contributed by atoms with van der Waals surface area (Å²) in [4.78, 5) is 48.9. The van der Waals surface area contributed by atoms with Crippen molar-refractivity contribution in [2.75, 3.05) is 37.2 Å². The molecule has 1 aliphatic heterocycles. The summed E-state index contributed by atoms with van der Waals surface area (Å²) in [7, 11) is 0. The first-order valence-electron chi connectivity index (χ1n) is 9.80. The Kier molecular flexibility index (Phi) is 12.8. The minimum atomic E-state index is -1.45. The minimum Gasteiger partial charge on any atom is -0.480 e. The number of thioether (sulfide) groups is 2. The van der Waals surface area contributed by atoms with Crippen LogP contribution in [0.4, 0.5) is 0 Å². The number of aliphatic carboxylic acids is 1. The van der Waals surface area contributed by atoms with Gasteiger partial charge in [0.1, 0.15) is 18.1 Å². The summed E-state index contributed by atoms with van der Waals surface area (Å²) in [6.45, 7) is -0.00263. The highest BCUT2D eigenvalue weighted by molar-refractivity contribution is 7.98. The quantitative estimate of drug-likeness (QED) is 0.185. The molecule has 0 saturated carbocycles. The monoisotopic (exact) mass is 464 g/mol. The van der Waals surface area contributed by atoms with Crippen LogP contribution in [-0.2, 0) is 19.2 Å². The van der Waals surface area contributed by atoms with Crippen molar-refractivity contribution in [1.82, 2.24) is 21.3 Å². The average Bonchev–Trinajstić information content (AvgIpc) is 3.26. The maximum atomic E-state index is 12.9. The van der Waals surface area contributed by atoms with Gasteiger partial charge in [0.15, 0.2) is 0 Å². The van der Waals surface area contributed by atoms with Gasteiger partial charge in [0, 0.05) is 0 Å². The van der Waals surface area contributed by atoms with Gasteiger partial charge in [-0.3, -0.25) is 14.4 Å². The highest BCUT2D eigenvalue weighted by atomic mass is 32.2. The van der Waals surface area contributed by atoms with E-state index in [-0.39, 0.29) is 18.4 Å². The normalized spacial score (nSPS) is 18.8. The molecule has 0 radical (unpaired) electrons. The van der Waals surface area contributed by atoms with Gasteiger partial charge in [-0.25, -0.2) is 4.79 Å². The third kappa shape index (κ3) is 9.11. The highest BCUT2D eigenvalue weighted by Gasteiger charge is 2.31. The van der Waals surface area contributed by atoms with Crippen LogP contribution in [0.15, 0.2) is 0 Å². The zero-order valence-corrected chi connectivity index (χ0v) is 18.9. The van der Waals surface area contributed by atoms with Crippen molar-refractivity contribution in [2.45, 2.75) is 49.9 Å². The van der Waals surface area contributed by atoms with Crippen molar-refractivity contribution >= 4 is 47.2 Å². The number of hydrogen-bond acceptors (Lipinski definition) is 8. The number of aliphatic hydroxyl groups is 1. The fraction of sp³-hybridized carbons (Fsp3) is 0.778. The molecule has 0 aliphatic carbocycles. The first-order chi connectivity index (χ1) is 14.3. The van der Waals surface area contributed by atoms with E-state index in [2.05, 4.69) is 21.3 Å². The Morgan fingerprint density at radius 1 is 0.967 bits per heavy atom. The van der Waals surface area contributed by atoms with Crippen LogP contribution in [0.2, 0.25) is 0 Å². The van der Waals surface area contributed by atoms with Crippen LogP contribution >= 0.6 is 23.5 Å². The Labute approximate surface area is 185 Å². The van der Waals surface area contributed by atoms with E-state index in [0.717, 1.165) is 13.0 Å². The summed E-state index contributed by atoms with van der Waals surface area (Å²) in [6, 6.07) is -3.56. The van der Waals surface area contributed by atoms with Gasteiger partial charge in [0.05, 0.1) is 12.6 Å². The van der Waals surface area contributed by atoms with E-state index in [1.54, 1.807) is 0 Å². The molecule has 1 aliphatic rings. The van der Waals surface area contributed by atoms with Crippen LogP contribution in [0, 0.1) is 0 Å². The van der Waals surface area contributed by atoms with E-state index in [0.29, 0.717) is 24.3 Å². The number of amides is 3. The predicted octanol–water partition coefficient (Wildman–Crippen LogP) is -1.22. The van der Waals surface area contributed by atoms with Crippen LogP contribution < -0.4 is 21.3 Å². The maximum absolute atomic E-state index is 12.9. The van der Waals surface area contributed by atoms with Crippen molar-refractivity contribution in [2.24, 2.45) is 0 Å². The molecule has 172 valence electrons. The number of nitrogens with one attached hydrogen (secondary N) is 4. The summed E-state index contributed by atoms with van der Waals surface area (Å²) in [5.41, 5.74) is 0. The molecule has 0 aromatic carbocycles. The fourth-order valence-corrected chi connectivity index (χ4v) is 3.86. The van der Waals surface area contributed by atoms with Crippen molar-refractivity contribution in [1.29, 1.82) is 0 Å². The molecule has 0 aromatic heterocycles. The summed E-state index contributed by atoms with van der Waals surface area (Å²) in [5.74, 6) is -1.59. The second-order valence-electron chi connectivity index (χ2n) is 6.92. The highest BCUT2D eigenvalue weighted by Crippen LogP contribution is 2.08. The molecule has 1 saturated heterocycles. The summed E-state index contributed by atoms with van der Waals surface area (Å²) < 4.78 is 0. The Morgan fingerprint density at radius 3 is 1.93 bits per heavy atom. The number of carboxylic acids is 1. The average molecular weight is 465 g/mol. The molecule has 1 heterocycles. The van der Waals surface area contributed by atoms with Crippen LogP contribution in [0.1, 0.15) is 25.7 Å². The molecule has 0 bridgehead atoms. The van der Waals surface area contributed by atoms with E-state index < -0.39 is 42.5 Å². The molecule has 0 aromatic rings. The standard InChI is InChI=1S/C18H32N4O6S2/c1-29-8-5-12(20-15(24)11-4-3-7-19-11)16(25)21-13(6-9-30-2)17(26)22-14(10-23)18(27)28/h11-14,19,23H,3-10H2,1-2H3,(H,20,24)(H,21,25)(H,22,26)(H,27,28). The van der Waals surface area contributed by atoms with Crippen LogP contribution in [-0.4, -0.2) is 95.2 Å². The summed E-state index contributed by atoms with van der Waals surface area (Å²) in [5, 5.41) is 28.9. The van der Waals surface area contributed by atoms with Crippen LogP contribution in [0.25, 0.3) is 0 Å². The zero-order chi connectivity index (χ0) is 22.5. The number of rotatable bonds is 14. The number of carboxylic acid groups (broad SMARTS) is 1. The Morgan fingerprint density at radius 2 is 1.50 bits per heavy atom. The van der Waals surface area contributed by atoms with Crippen LogP contribution in [0.3, 0.4) is 0 Å². The van der Waals surface area contributed by atoms with Gasteiger partial charge in [-0.1, -0.05) is 0 Å². The Bertz CT molecular complexity index is 589. The van der Waals surface area contributed by atoms with Gasteiger partial charge in [-0.2, -0.15) is 23.5 Å². The molecular formula is C18H32N4O6S2. The maximum Gasteiger partial charge on any atom is 0.328 e. The third-order valence-corrected chi connectivity index (χ3v) is 5.95. The van der Waals surface area contributed by atoms with Gasteiger partial charge in [0.25, 0.3) is 0 Å². The molecule has 30 heavy (non-hydrogen) atoms. The second-order valence-corrected chi connectivity index (χ2v) is 8.89. The lowest BCUT2D eigenvalue weighted by Gasteiger charge is -2.25. The van der Waals surface area contributed by atoms with Gasteiger partial charge in [0.2, 0.25) is 17.7 Å². The molecule has 1 fully saturated rings. The largest absolute Gasteiger partial charge is 0.480 e. The van der Waals surface area contributed by atoms with E-state index >= 15 is 0 Å². The number of hydrogen-bond donors (Lipinski definition) is 6. The molecule has 4 unspecified atom stereocenters. The van der Waals surface area contributed by atoms with Crippen molar-refractivity contribution in [3.8, 4) is 0 Å². The number of carbonyl (C=O) groups excluding carboxylic acids is 3. The minimum absolute atomic E-state index is 0.245. The molecule has 10 nitrogen and oxygen atoms in total. The lowest BCUT2D eigenvalue weighted by Crippen LogP contribution is -2.57. The predicted molar refractivity (Wildman–Crippen MR) is 118 cm³/mol. The topological polar surface area (TPSA) is 157 Å². The van der Waals surface area contributed by atoms with Crippen molar-refractivity contribution in [3.63, 3.8) is 0 Å². The van der Waals surface area contributed by atoms with E-state index in [1.165, 1.54) is 23.5 Å². The SMILES string of the molecule is CSCCC(NC(=O)C(CCSC)NC(=O)C1CCCN1)C(=O)NC(CO)C(=O)O. The fourth-order valence-electron chi connectivity index (χ4n) is 2.92. The van der Waals surface area contributed by atoms with Gasteiger partial charge >= 0.3 is 5.97 Å². The van der Waals surface area contributed by atoms with Gasteiger partial charge in [-0.05, 0) is 56.2 Å². The molecular weight excluding hydrogens is 432 g/mol. The molecule has 4 atom stereocenters. The number of aliphatic hydroxyl groups excluding tert-OH is 1. The summed E-state index contributed by atoms with van der Waals surface area (Å²) >= 11 is 3.01. The van der Waals surface area contributed by atoms with Crippen molar-refractivity contribution < 1.29 is 29.4 Å². The first kappa shape index (κ1) is 26.5. The van der Waals surface area contributed by atoms with Crippen molar-refractivity contribution in [3.05, 3.63) is 0 Å². The third-order valence-electron chi connectivity index (χ3n) is 4.66. The number of carbonyl (C=O) groups is 4. The zero-order valence-electron chi connectivity index (χ0n) is 17.3. The second kappa shape index (κ2) is 14.5. The lowest BCUT2D eigenvalue weighted by atomic mass is 10.1. The smallest absolute Gasteiger partial charge is 0.328 e.